The summed E-state index contributed by atoms with van der Waals surface area (Å²) >= 11 is 3.39. The summed E-state index contributed by atoms with van der Waals surface area (Å²) in [5.41, 5.74) is 2.80. The smallest absolute Gasteiger partial charge is 0.251 e. The number of carbonyl (C=O) groups excluding carboxylic acids is 1. The second-order valence-electron chi connectivity index (χ2n) is 5.19. The van der Waals surface area contributed by atoms with Gasteiger partial charge in [0.05, 0.1) is 11.9 Å². The van der Waals surface area contributed by atoms with E-state index in [1.165, 1.54) is 0 Å². The fraction of sp³-hybridized carbons (Fsp3) is 0.250. The first-order valence-corrected chi connectivity index (χ1v) is 7.74. The molecule has 0 atom stereocenters. The van der Waals surface area contributed by atoms with Crippen molar-refractivity contribution in [3.8, 4) is 0 Å². The summed E-state index contributed by atoms with van der Waals surface area (Å²) in [6.07, 6.45) is 5.74. The first-order chi connectivity index (χ1) is 10.2. The monoisotopic (exact) mass is 345 g/mol. The van der Waals surface area contributed by atoms with Crippen LogP contribution in [0.4, 0.5) is 5.69 Å². The highest BCUT2D eigenvalue weighted by Gasteiger charge is 2.23. The van der Waals surface area contributed by atoms with E-state index in [-0.39, 0.29) is 5.91 Å². The molecule has 1 aromatic heterocycles. The number of nitrogens with zero attached hydrogens (tertiary/aromatic N) is 1. The minimum absolute atomic E-state index is 0.0215. The van der Waals surface area contributed by atoms with Crippen molar-refractivity contribution < 1.29 is 4.79 Å². The van der Waals surface area contributed by atoms with E-state index in [1.54, 1.807) is 12.4 Å². The third kappa shape index (κ3) is 4.04. The third-order valence-electron chi connectivity index (χ3n) is 3.33. The van der Waals surface area contributed by atoms with Crippen LogP contribution in [-0.2, 0) is 6.54 Å². The zero-order chi connectivity index (χ0) is 14.7. The van der Waals surface area contributed by atoms with Crippen LogP contribution in [0.15, 0.2) is 47.2 Å². The second kappa shape index (κ2) is 6.26. The fourth-order valence-electron chi connectivity index (χ4n) is 1.98. The zero-order valence-electron chi connectivity index (χ0n) is 11.5. The number of amides is 1. The molecule has 0 spiro atoms. The minimum Gasteiger partial charge on any atom is -0.380 e. The molecule has 0 radical (unpaired) electrons. The predicted octanol–water partition coefficient (Wildman–Crippen LogP) is 3.35. The van der Waals surface area contributed by atoms with E-state index in [2.05, 4.69) is 31.5 Å². The standard InChI is InChI=1S/C16H16BrN3O/c17-13-7-15(10-18-9-13)19-8-11-1-3-12(4-2-11)16(21)20-14-5-6-14/h1-4,7,9-10,14,19H,5-6,8H2,(H,20,21). The molecule has 0 bridgehead atoms. The van der Waals surface area contributed by atoms with Gasteiger partial charge in [-0.25, -0.2) is 0 Å². The van der Waals surface area contributed by atoms with Gasteiger partial charge in [0.1, 0.15) is 0 Å². The predicted molar refractivity (Wildman–Crippen MR) is 86.2 cm³/mol. The highest BCUT2D eigenvalue weighted by atomic mass is 79.9. The van der Waals surface area contributed by atoms with Gasteiger partial charge in [0.25, 0.3) is 5.91 Å². The molecular formula is C16H16BrN3O. The first-order valence-electron chi connectivity index (χ1n) is 6.95. The number of benzene rings is 1. The first kappa shape index (κ1) is 14.1. The number of hydrogen-bond donors (Lipinski definition) is 2. The number of hydrogen-bond acceptors (Lipinski definition) is 3. The van der Waals surface area contributed by atoms with Crippen molar-refractivity contribution in [3.63, 3.8) is 0 Å². The van der Waals surface area contributed by atoms with Gasteiger partial charge in [0, 0.05) is 28.8 Å². The molecule has 5 heteroatoms. The van der Waals surface area contributed by atoms with Crippen molar-refractivity contribution >= 4 is 27.5 Å². The third-order valence-corrected chi connectivity index (χ3v) is 3.76. The van der Waals surface area contributed by atoms with Crippen LogP contribution in [-0.4, -0.2) is 16.9 Å². The van der Waals surface area contributed by atoms with Crippen LogP contribution in [0.3, 0.4) is 0 Å². The van der Waals surface area contributed by atoms with E-state index in [1.807, 2.05) is 30.3 Å². The van der Waals surface area contributed by atoms with Crippen LogP contribution >= 0.6 is 15.9 Å². The Kier molecular flexibility index (Phi) is 4.20. The number of carbonyl (C=O) groups is 1. The van der Waals surface area contributed by atoms with Crippen molar-refractivity contribution in [1.82, 2.24) is 10.3 Å². The van der Waals surface area contributed by atoms with E-state index in [9.17, 15) is 4.79 Å². The van der Waals surface area contributed by atoms with Crippen molar-refractivity contribution in [3.05, 3.63) is 58.3 Å². The maximum atomic E-state index is 11.9. The molecule has 1 aliphatic carbocycles. The number of nitrogens with one attached hydrogen (secondary N) is 2. The summed E-state index contributed by atoms with van der Waals surface area (Å²) in [6.45, 7) is 0.697. The highest BCUT2D eigenvalue weighted by Crippen LogP contribution is 2.19. The molecule has 1 aromatic carbocycles. The lowest BCUT2D eigenvalue weighted by atomic mass is 10.1. The summed E-state index contributed by atoms with van der Waals surface area (Å²) in [5, 5.41) is 6.29. The molecular weight excluding hydrogens is 330 g/mol. The Morgan fingerprint density at radius 1 is 1.24 bits per heavy atom. The number of pyridine rings is 1. The minimum atomic E-state index is 0.0215. The van der Waals surface area contributed by atoms with E-state index in [0.717, 1.165) is 34.1 Å². The molecule has 1 heterocycles. The molecule has 1 aliphatic rings. The second-order valence-corrected chi connectivity index (χ2v) is 6.11. The Morgan fingerprint density at radius 2 is 2.00 bits per heavy atom. The van der Waals surface area contributed by atoms with Crippen LogP contribution in [0.1, 0.15) is 28.8 Å². The maximum absolute atomic E-state index is 11.9. The molecule has 4 nitrogen and oxygen atoms in total. The average Bonchev–Trinajstić information content (AvgIpc) is 3.30. The molecule has 0 aliphatic heterocycles. The van der Waals surface area contributed by atoms with Gasteiger partial charge in [0.15, 0.2) is 0 Å². The normalized spacial score (nSPS) is 13.8. The quantitative estimate of drug-likeness (QED) is 0.873. The van der Waals surface area contributed by atoms with E-state index in [4.69, 9.17) is 0 Å². The lowest BCUT2D eigenvalue weighted by molar-refractivity contribution is 0.0951. The van der Waals surface area contributed by atoms with Crippen LogP contribution < -0.4 is 10.6 Å². The van der Waals surface area contributed by atoms with Gasteiger partial charge < -0.3 is 10.6 Å². The van der Waals surface area contributed by atoms with Crippen molar-refractivity contribution in [2.24, 2.45) is 0 Å². The van der Waals surface area contributed by atoms with Gasteiger partial charge in [-0.1, -0.05) is 12.1 Å². The summed E-state index contributed by atoms with van der Waals surface area (Å²) < 4.78 is 0.944. The summed E-state index contributed by atoms with van der Waals surface area (Å²) in [5.74, 6) is 0.0215. The summed E-state index contributed by atoms with van der Waals surface area (Å²) in [7, 11) is 0. The van der Waals surface area contributed by atoms with Gasteiger partial charge >= 0.3 is 0 Å². The molecule has 2 aromatic rings. The van der Waals surface area contributed by atoms with Gasteiger partial charge in [0.2, 0.25) is 0 Å². The molecule has 3 rings (SSSR count). The molecule has 1 saturated carbocycles. The molecule has 21 heavy (non-hydrogen) atoms. The lowest BCUT2D eigenvalue weighted by Gasteiger charge is -2.08. The largest absolute Gasteiger partial charge is 0.380 e. The SMILES string of the molecule is O=C(NC1CC1)c1ccc(CNc2cncc(Br)c2)cc1. The maximum Gasteiger partial charge on any atom is 0.251 e. The summed E-state index contributed by atoms with van der Waals surface area (Å²) in [4.78, 5) is 16.0. The van der Waals surface area contributed by atoms with Crippen molar-refractivity contribution in [2.45, 2.75) is 25.4 Å². The molecule has 108 valence electrons. The fourth-order valence-corrected chi connectivity index (χ4v) is 2.35. The Labute approximate surface area is 132 Å². The number of aromatic nitrogens is 1. The average molecular weight is 346 g/mol. The molecule has 2 N–H and O–H groups in total. The van der Waals surface area contributed by atoms with E-state index in [0.29, 0.717) is 12.6 Å². The van der Waals surface area contributed by atoms with Gasteiger partial charge in [-0.15, -0.1) is 0 Å². The van der Waals surface area contributed by atoms with Crippen LogP contribution in [0, 0.1) is 0 Å². The Balaban J connectivity index is 1.57. The van der Waals surface area contributed by atoms with E-state index < -0.39 is 0 Å². The van der Waals surface area contributed by atoms with Gasteiger partial charge in [-0.05, 0) is 52.5 Å². The van der Waals surface area contributed by atoms with Crippen LogP contribution in [0.5, 0.6) is 0 Å². The highest BCUT2D eigenvalue weighted by molar-refractivity contribution is 9.10. The topological polar surface area (TPSA) is 54.0 Å². The van der Waals surface area contributed by atoms with Crippen LogP contribution in [0.25, 0.3) is 0 Å². The zero-order valence-corrected chi connectivity index (χ0v) is 13.1. The van der Waals surface area contributed by atoms with Gasteiger partial charge in [-0.3, -0.25) is 9.78 Å². The molecule has 1 fully saturated rings. The number of anilines is 1. The number of rotatable bonds is 5. The Morgan fingerprint density at radius 3 is 2.67 bits per heavy atom. The Hall–Kier alpha value is -1.88. The number of halogens is 1. The summed E-state index contributed by atoms with van der Waals surface area (Å²) in [6, 6.07) is 10.1. The molecule has 0 saturated heterocycles. The lowest BCUT2D eigenvalue weighted by Crippen LogP contribution is -2.25. The van der Waals surface area contributed by atoms with Crippen LogP contribution in [0.2, 0.25) is 0 Å². The van der Waals surface area contributed by atoms with Crippen molar-refractivity contribution in [2.75, 3.05) is 5.32 Å². The molecule has 0 unspecified atom stereocenters. The van der Waals surface area contributed by atoms with Crippen molar-refractivity contribution in [1.29, 1.82) is 0 Å². The van der Waals surface area contributed by atoms with E-state index >= 15 is 0 Å². The Bertz CT molecular complexity index is 638. The van der Waals surface area contributed by atoms with Gasteiger partial charge in [-0.2, -0.15) is 0 Å². The molecule has 1 amide bonds.